The van der Waals surface area contributed by atoms with Gasteiger partial charge >= 0.3 is 0 Å². The number of sulfonamides is 1. The van der Waals surface area contributed by atoms with Crippen LogP contribution in [0, 0.1) is 0 Å². The molecule has 0 saturated carbocycles. The van der Waals surface area contributed by atoms with Crippen molar-refractivity contribution >= 4 is 10.0 Å². The van der Waals surface area contributed by atoms with Gasteiger partial charge in [-0.3, -0.25) is 0 Å². The number of ether oxygens (including phenoxy) is 2. The number of methoxy groups -OCH3 is 1. The zero-order valence-corrected chi connectivity index (χ0v) is 11.8. The van der Waals surface area contributed by atoms with Crippen LogP contribution in [0.4, 0.5) is 0 Å². The van der Waals surface area contributed by atoms with Crippen molar-refractivity contribution in [3.63, 3.8) is 0 Å². The Kier molecular flexibility index (Phi) is 4.79. The first-order valence-corrected chi connectivity index (χ1v) is 7.86. The van der Waals surface area contributed by atoms with E-state index in [1.807, 2.05) is 0 Å². The van der Waals surface area contributed by atoms with Gasteiger partial charge in [0.05, 0.1) is 11.5 Å². The SMILES string of the molecule is COCCCNS(=O)(=O)c1ccc2c(c1)CCCO2. The lowest BCUT2D eigenvalue weighted by atomic mass is 10.1. The van der Waals surface area contributed by atoms with Crippen LogP contribution in [0.15, 0.2) is 23.1 Å². The van der Waals surface area contributed by atoms with Crippen LogP contribution in [0.3, 0.4) is 0 Å². The summed E-state index contributed by atoms with van der Waals surface area (Å²) in [5, 5.41) is 0. The summed E-state index contributed by atoms with van der Waals surface area (Å²) in [4.78, 5) is 0.300. The maximum Gasteiger partial charge on any atom is 0.240 e. The Bertz CT molecular complexity index is 527. The third-order valence-electron chi connectivity index (χ3n) is 3.01. The van der Waals surface area contributed by atoms with E-state index in [0.29, 0.717) is 31.1 Å². The van der Waals surface area contributed by atoms with E-state index >= 15 is 0 Å². The van der Waals surface area contributed by atoms with Crippen LogP contribution in [-0.2, 0) is 21.2 Å². The highest BCUT2D eigenvalue weighted by molar-refractivity contribution is 7.89. The van der Waals surface area contributed by atoms with Crippen LogP contribution >= 0.6 is 0 Å². The molecule has 1 aliphatic heterocycles. The molecule has 0 fully saturated rings. The highest BCUT2D eigenvalue weighted by Gasteiger charge is 2.17. The van der Waals surface area contributed by atoms with Crippen molar-refractivity contribution in [2.45, 2.75) is 24.2 Å². The van der Waals surface area contributed by atoms with Crippen LogP contribution in [0.5, 0.6) is 5.75 Å². The molecule has 1 aromatic rings. The Morgan fingerprint density at radius 2 is 2.26 bits per heavy atom. The minimum absolute atomic E-state index is 0.300. The highest BCUT2D eigenvalue weighted by atomic mass is 32.2. The Morgan fingerprint density at radius 1 is 1.42 bits per heavy atom. The number of hydrogen-bond acceptors (Lipinski definition) is 4. The van der Waals surface area contributed by atoms with Crippen molar-refractivity contribution in [1.82, 2.24) is 4.72 Å². The Hall–Kier alpha value is -1.11. The quantitative estimate of drug-likeness (QED) is 0.801. The van der Waals surface area contributed by atoms with Gasteiger partial charge in [0, 0.05) is 20.3 Å². The van der Waals surface area contributed by atoms with Crippen molar-refractivity contribution in [2.75, 3.05) is 26.9 Å². The molecular formula is C13H19NO4S. The molecule has 1 aliphatic rings. The second-order valence-electron chi connectivity index (χ2n) is 4.47. The second-order valence-corrected chi connectivity index (χ2v) is 6.23. The molecule has 1 heterocycles. The molecule has 0 aliphatic carbocycles. The third kappa shape index (κ3) is 3.68. The molecule has 0 radical (unpaired) electrons. The Balaban J connectivity index is 2.07. The van der Waals surface area contributed by atoms with Gasteiger partial charge in [-0.2, -0.15) is 0 Å². The predicted octanol–water partition coefficient (Wildman–Crippen LogP) is 1.33. The summed E-state index contributed by atoms with van der Waals surface area (Å²) in [6.07, 6.45) is 2.45. The van der Waals surface area contributed by atoms with E-state index in [1.54, 1.807) is 25.3 Å². The predicted molar refractivity (Wildman–Crippen MR) is 71.9 cm³/mol. The number of aryl methyl sites for hydroxylation is 1. The summed E-state index contributed by atoms with van der Waals surface area (Å²) >= 11 is 0. The van der Waals surface area contributed by atoms with E-state index in [9.17, 15) is 8.42 Å². The molecule has 6 heteroatoms. The van der Waals surface area contributed by atoms with Crippen LogP contribution < -0.4 is 9.46 Å². The lowest BCUT2D eigenvalue weighted by Crippen LogP contribution is -2.25. The molecule has 0 atom stereocenters. The van der Waals surface area contributed by atoms with Gasteiger partial charge in [-0.1, -0.05) is 0 Å². The van der Waals surface area contributed by atoms with E-state index in [4.69, 9.17) is 9.47 Å². The van der Waals surface area contributed by atoms with Crippen LogP contribution in [-0.4, -0.2) is 35.3 Å². The standard InChI is InChI=1S/C13H19NO4S/c1-17-8-3-7-14-19(15,16)12-5-6-13-11(10-12)4-2-9-18-13/h5-6,10,14H,2-4,7-9H2,1H3. The fraction of sp³-hybridized carbons (Fsp3) is 0.538. The second kappa shape index (κ2) is 6.36. The Labute approximate surface area is 114 Å². The minimum atomic E-state index is -3.44. The van der Waals surface area contributed by atoms with Gasteiger partial charge in [0.2, 0.25) is 10.0 Å². The van der Waals surface area contributed by atoms with E-state index < -0.39 is 10.0 Å². The topological polar surface area (TPSA) is 64.6 Å². The largest absolute Gasteiger partial charge is 0.493 e. The van der Waals surface area contributed by atoms with Gasteiger partial charge in [0.25, 0.3) is 0 Å². The van der Waals surface area contributed by atoms with E-state index in [-0.39, 0.29) is 0 Å². The molecular weight excluding hydrogens is 266 g/mol. The molecule has 106 valence electrons. The summed E-state index contributed by atoms with van der Waals surface area (Å²) in [6.45, 7) is 1.62. The van der Waals surface area contributed by atoms with Crippen LogP contribution in [0.25, 0.3) is 0 Å². The molecule has 0 spiro atoms. The first kappa shape index (κ1) is 14.3. The molecule has 0 bridgehead atoms. The number of nitrogens with one attached hydrogen (secondary N) is 1. The van der Waals surface area contributed by atoms with Gasteiger partial charge in [-0.05, 0) is 43.0 Å². The fourth-order valence-corrected chi connectivity index (χ4v) is 3.13. The number of fused-ring (bicyclic) bond motifs is 1. The van der Waals surface area contributed by atoms with Gasteiger partial charge in [-0.25, -0.2) is 13.1 Å². The van der Waals surface area contributed by atoms with E-state index in [2.05, 4.69) is 4.72 Å². The smallest absolute Gasteiger partial charge is 0.240 e. The molecule has 19 heavy (non-hydrogen) atoms. The zero-order valence-electron chi connectivity index (χ0n) is 11.0. The molecule has 0 saturated heterocycles. The number of benzene rings is 1. The molecule has 0 unspecified atom stereocenters. The van der Waals surface area contributed by atoms with Crippen molar-refractivity contribution in [3.05, 3.63) is 23.8 Å². The summed E-state index contributed by atoms with van der Waals surface area (Å²) in [5.74, 6) is 0.796. The maximum absolute atomic E-state index is 12.1. The monoisotopic (exact) mass is 285 g/mol. The molecule has 1 N–H and O–H groups in total. The van der Waals surface area contributed by atoms with Crippen molar-refractivity contribution < 1.29 is 17.9 Å². The van der Waals surface area contributed by atoms with Crippen LogP contribution in [0.2, 0.25) is 0 Å². The first-order chi connectivity index (χ1) is 9.13. The van der Waals surface area contributed by atoms with Crippen molar-refractivity contribution in [2.24, 2.45) is 0 Å². The number of hydrogen-bond donors (Lipinski definition) is 1. The van der Waals surface area contributed by atoms with Crippen molar-refractivity contribution in [3.8, 4) is 5.75 Å². The van der Waals surface area contributed by atoms with E-state index in [1.165, 1.54) is 0 Å². The highest BCUT2D eigenvalue weighted by Crippen LogP contribution is 2.27. The lowest BCUT2D eigenvalue weighted by molar-refractivity contribution is 0.196. The maximum atomic E-state index is 12.1. The van der Waals surface area contributed by atoms with Crippen molar-refractivity contribution in [1.29, 1.82) is 0 Å². The molecule has 2 rings (SSSR count). The molecule has 5 nitrogen and oxygen atoms in total. The van der Waals surface area contributed by atoms with Crippen LogP contribution in [0.1, 0.15) is 18.4 Å². The average molecular weight is 285 g/mol. The fourth-order valence-electron chi connectivity index (χ4n) is 2.01. The summed E-state index contributed by atoms with van der Waals surface area (Å²) in [7, 11) is -1.84. The van der Waals surface area contributed by atoms with Gasteiger partial charge in [0.15, 0.2) is 0 Å². The normalized spacial score (nSPS) is 14.8. The van der Waals surface area contributed by atoms with Gasteiger partial charge < -0.3 is 9.47 Å². The van der Waals surface area contributed by atoms with Gasteiger partial charge in [-0.15, -0.1) is 0 Å². The summed E-state index contributed by atoms with van der Waals surface area (Å²) < 4.78 is 37.1. The van der Waals surface area contributed by atoms with Gasteiger partial charge in [0.1, 0.15) is 5.75 Å². The minimum Gasteiger partial charge on any atom is -0.493 e. The first-order valence-electron chi connectivity index (χ1n) is 6.38. The Morgan fingerprint density at radius 3 is 3.05 bits per heavy atom. The summed E-state index contributed by atoms with van der Waals surface area (Å²) in [5.41, 5.74) is 0.964. The number of rotatable bonds is 6. The zero-order chi connectivity index (χ0) is 13.7. The third-order valence-corrected chi connectivity index (χ3v) is 4.47. The average Bonchev–Trinajstić information content (AvgIpc) is 2.43. The molecule has 0 amide bonds. The lowest BCUT2D eigenvalue weighted by Gasteiger charge is -2.18. The molecule has 0 aromatic heterocycles. The summed E-state index contributed by atoms with van der Waals surface area (Å²) in [6, 6.07) is 5.02. The molecule has 1 aromatic carbocycles. The van der Waals surface area contributed by atoms with E-state index in [0.717, 1.165) is 24.2 Å².